The van der Waals surface area contributed by atoms with Crippen LogP contribution in [-0.4, -0.2) is 30.6 Å². The fraction of sp³-hybridized carbons (Fsp3) is 0.400. The third-order valence-corrected chi connectivity index (χ3v) is 7.13. The van der Waals surface area contributed by atoms with Crippen molar-refractivity contribution in [3.05, 3.63) is 94.5 Å². The number of ether oxygens (including phenoxy) is 1. The summed E-state index contributed by atoms with van der Waals surface area (Å²) in [5, 5.41) is 0. The third-order valence-electron chi connectivity index (χ3n) is 6.60. The van der Waals surface area contributed by atoms with Crippen LogP contribution in [0.4, 0.5) is 5.69 Å². The van der Waals surface area contributed by atoms with Gasteiger partial charge < -0.3 is 9.64 Å². The van der Waals surface area contributed by atoms with E-state index in [-0.39, 0.29) is 0 Å². The molecule has 4 heteroatoms. The van der Waals surface area contributed by atoms with Crippen LogP contribution in [-0.2, 0) is 13.2 Å². The average Bonchev–Trinajstić information content (AvgIpc) is 2.86. The van der Waals surface area contributed by atoms with Crippen LogP contribution in [0.25, 0.3) is 0 Å². The Balaban J connectivity index is 1.42. The van der Waals surface area contributed by atoms with Crippen molar-refractivity contribution < 1.29 is 4.74 Å². The predicted molar refractivity (Wildman–Crippen MR) is 146 cm³/mol. The number of rotatable bonds is 10. The highest BCUT2D eigenvalue weighted by atomic mass is 79.9. The van der Waals surface area contributed by atoms with Crippen molar-refractivity contribution in [2.45, 2.75) is 52.3 Å². The summed E-state index contributed by atoms with van der Waals surface area (Å²) in [5.74, 6) is 1.62. The lowest BCUT2D eigenvalue weighted by atomic mass is 10.0. The molecular weight excluding hydrogens is 484 g/mol. The summed E-state index contributed by atoms with van der Waals surface area (Å²) in [4.78, 5) is 5.27. The largest absolute Gasteiger partial charge is 0.489 e. The first-order valence-electron chi connectivity index (χ1n) is 12.6. The molecule has 1 saturated heterocycles. The number of likely N-dealkylation sites (tertiary alicyclic amines) is 1. The van der Waals surface area contributed by atoms with Crippen LogP contribution in [0.15, 0.2) is 83.3 Å². The molecule has 180 valence electrons. The number of hydrogen-bond acceptors (Lipinski definition) is 3. The summed E-state index contributed by atoms with van der Waals surface area (Å²) in [6.45, 7) is 9.65. The summed E-state index contributed by atoms with van der Waals surface area (Å²) in [5.41, 5.74) is 3.89. The van der Waals surface area contributed by atoms with E-state index in [9.17, 15) is 0 Å². The van der Waals surface area contributed by atoms with E-state index >= 15 is 0 Å². The Morgan fingerprint density at radius 3 is 2.38 bits per heavy atom. The Morgan fingerprint density at radius 2 is 1.68 bits per heavy atom. The monoisotopic (exact) mass is 520 g/mol. The van der Waals surface area contributed by atoms with E-state index in [1.54, 1.807) is 0 Å². The first kappa shape index (κ1) is 24.8. The quantitative estimate of drug-likeness (QED) is 0.274. The lowest BCUT2D eigenvalue weighted by molar-refractivity contribution is 0.195. The van der Waals surface area contributed by atoms with Gasteiger partial charge in [-0.1, -0.05) is 72.2 Å². The predicted octanol–water partition coefficient (Wildman–Crippen LogP) is 7.55. The molecule has 1 aliphatic heterocycles. The van der Waals surface area contributed by atoms with Gasteiger partial charge >= 0.3 is 0 Å². The number of anilines is 1. The maximum Gasteiger partial charge on any atom is 0.119 e. The molecule has 0 spiro atoms. The van der Waals surface area contributed by atoms with Crippen LogP contribution in [0, 0.1) is 5.92 Å². The maximum absolute atomic E-state index is 6.03. The summed E-state index contributed by atoms with van der Waals surface area (Å²) in [6, 6.07) is 28.4. The molecule has 1 unspecified atom stereocenters. The number of piperidine rings is 1. The van der Waals surface area contributed by atoms with Gasteiger partial charge in [0.1, 0.15) is 12.4 Å². The van der Waals surface area contributed by atoms with Gasteiger partial charge in [-0.15, -0.1) is 0 Å². The van der Waals surface area contributed by atoms with E-state index in [1.165, 1.54) is 42.6 Å². The highest BCUT2D eigenvalue weighted by Gasteiger charge is 2.26. The summed E-state index contributed by atoms with van der Waals surface area (Å²) in [7, 11) is 0. The maximum atomic E-state index is 6.03. The van der Waals surface area contributed by atoms with E-state index in [1.807, 2.05) is 6.07 Å². The molecule has 0 aliphatic carbocycles. The Hall–Kier alpha value is -2.30. The molecule has 1 fully saturated rings. The van der Waals surface area contributed by atoms with Crippen LogP contribution in [0.1, 0.15) is 44.2 Å². The molecule has 0 amide bonds. The first-order valence-corrected chi connectivity index (χ1v) is 13.4. The zero-order valence-corrected chi connectivity index (χ0v) is 22.1. The Labute approximate surface area is 213 Å². The van der Waals surface area contributed by atoms with Gasteiger partial charge in [-0.25, -0.2) is 0 Å². The minimum atomic E-state index is 0.541. The van der Waals surface area contributed by atoms with Gasteiger partial charge in [0.2, 0.25) is 0 Å². The molecule has 0 radical (unpaired) electrons. The molecule has 0 bridgehead atoms. The van der Waals surface area contributed by atoms with Gasteiger partial charge in [-0.2, -0.15) is 0 Å². The van der Waals surface area contributed by atoms with Crippen molar-refractivity contribution in [2.24, 2.45) is 5.92 Å². The molecule has 4 rings (SSSR count). The summed E-state index contributed by atoms with van der Waals surface area (Å²) in [6.07, 6.45) is 3.70. The van der Waals surface area contributed by atoms with Crippen LogP contribution in [0.5, 0.6) is 5.75 Å². The van der Waals surface area contributed by atoms with E-state index in [4.69, 9.17) is 4.74 Å². The van der Waals surface area contributed by atoms with Crippen LogP contribution in [0.2, 0.25) is 0 Å². The molecule has 1 aliphatic rings. The summed E-state index contributed by atoms with van der Waals surface area (Å²) < 4.78 is 7.17. The number of halogens is 1. The van der Waals surface area contributed by atoms with Crippen LogP contribution in [0.3, 0.4) is 0 Å². The number of nitrogens with zero attached hydrogens (tertiary/aromatic N) is 2. The highest BCUT2D eigenvalue weighted by molar-refractivity contribution is 9.10. The molecule has 0 saturated carbocycles. The standard InChI is InChI=1S/C30H37BrN2O/c1-24(2)18-20-33(28-14-16-30(17-15-28)34-23-26-7-4-3-5-8-26)29-9-6-19-32(22-29)21-25-10-12-27(31)13-11-25/h3-5,7-8,10-17,24,29H,6,9,18-23H2,1-2H3. The van der Waals surface area contributed by atoms with E-state index < -0.39 is 0 Å². The van der Waals surface area contributed by atoms with Crippen molar-refractivity contribution in [3.63, 3.8) is 0 Å². The molecule has 34 heavy (non-hydrogen) atoms. The zero-order valence-electron chi connectivity index (χ0n) is 20.5. The minimum absolute atomic E-state index is 0.541. The van der Waals surface area contributed by atoms with Gasteiger partial charge in [-0.3, -0.25) is 4.90 Å². The Bertz CT molecular complexity index is 989. The lowest BCUT2D eigenvalue weighted by Crippen LogP contribution is -2.48. The van der Waals surface area contributed by atoms with Crippen molar-refractivity contribution in [3.8, 4) is 5.75 Å². The Morgan fingerprint density at radius 1 is 0.941 bits per heavy atom. The summed E-state index contributed by atoms with van der Waals surface area (Å²) >= 11 is 3.55. The van der Waals surface area contributed by atoms with Crippen molar-refractivity contribution in [1.29, 1.82) is 0 Å². The fourth-order valence-electron chi connectivity index (χ4n) is 4.67. The van der Waals surface area contributed by atoms with Gasteiger partial charge in [0.05, 0.1) is 0 Å². The van der Waals surface area contributed by atoms with Gasteiger partial charge in [0.15, 0.2) is 0 Å². The minimum Gasteiger partial charge on any atom is -0.489 e. The normalized spacial score (nSPS) is 16.5. The molecule has 1 heterocycles. The van der Waals surface area contributed by atoms with Gasteiger partial charge in [0.25, 0.3) is 0 Å². The number of hydrogen-bond donors (Lipinski definition) is 0. The molecule has 3 aromatic rings. The average molecular weight is 522 g/mol. The third kappa shape index (κ3) is 7.35. The van der Waals surface area contributed by atoms with Crippen LogP contribution >= 0.6 is 15.9 Å². The number of benzene rings is 3. The Kier molecular flexibility index (Phi) is 9.06. The second-order valence-electron chi connectivity index (χ2n) is 9.80. The molecular formula is C30H37BrN2O. The van der Waals surface area contributed by atoms with Crippen LogP contribution < -0.4 is 9.64 Å². The fourth-order valence-corrected chi connectivity index (χ4v) is 4.94. The molecule has 3 aromatic carbocycles. The first-order chi connectivity index (χ1) is 16.6. The van der Waals surface area contributed by atoms with Crippen molar-refractivity contribution in [2.75, 3.05) is 24.5 Å². The van der Waals surface area contributed by atoms with Gasteiger partial charge in [0, 0.05) is 35.8 Å². The smallest absolute Gasteiger partial charge is 0.119 e. The SMILES string of the molecule is CC(C)CCN(c1ccc(OCc2ccccc2)cc1)C1CCCN(Cc2ccc(Br)cc2)C1. The van der Waals surface area contributed by atoms with Crippen molar-refractivity contribution in [1.82, 2.24) is 4.90 Å². The van der Waals surface area contributed by atoms with E-state index in [0.29, 0.717) is 18.6 Å². The van der Waals surface area contributed by atoms with E-state index in [0.717, 1.165) is 29.9 Å². The second-order valence-corrected chi connectivity index (χ2v) is 10.7. The molecule has 3 nitrogen and oxygen atoms in total. The lowest BCUT2D eigenvalue weighted by Gasteiger charge is -2.41. The highest BCUT2D eigenvalue weighted by Crippen LogP contribution is 2.27. The molecule has 1 atom stereocenters. The topological polar surface area (TPSA) is 15.7 Å². The van der Waals surface area contributed by atoms with Gasteiger partial charge in [-0.05, 0) is 79.3 Å². The second kappa shape index (κ2) is 12.4. The molecule has 0 aromatic heterocycles. The molecule has 0 N–H and O–H groups in total. The van der Waals surface area contributed by atoms with E-state index in [2.05, 4.69) is 112 Å². The van der Waals surface area contributed by atoms with Crippen molar-refractivity contribution >= 4 is 21.6 Å². The zero-order chi connectivity index (χ0) is 23.8.